The van der Waals surface area contributed by atoms with Gasteiger partial charge in [0.05, 0.1) is 17.4 Å². The maximum absolute atomic E-state index is 12.6. The van der Waals surface area contributed by atoms with Gasteiger partial charge in [0.15, 0.2) is 0 Å². The number of aromatic nitrogens is 1. The van der Waals surface area contributed by atoms with Gasteiger partial charge in [0.25, 0.3) is 5.91 Å². The summed E-state index contributed by atoms with van der Waals surface area (Å²) in [6, 6.07) is 0. The molecule has 0 bridgehead atoms. The van der Waals surface area contributed by atoms with E-state index in [1.165, 1.54) is 11.5 Å². The van der Waals surface area contributed by atoms with E-state index in [1.54, 1.807) is 6.92 Å². The molecule has 0 saturated carbocycles. The van der Waals surface area contributed by atoms with Crippen molar-refractivity contribution in [1.82, 2.24) is 14.2 Å². The summed E-state index contributed by atoms with van der Waals surface area (Å²) in [5, 5.41) is 13.3. The van der Waals surface area contributed by atoms with E-state index < -0.39 is 0 Å². The van der Waals surface area contributed by atoms with E-state index in [2.05, 4.69) is 14.6 Å². The molecular weight excluding hydrogens is 276 g/mol. The maximum atomic E-state index is 12.6. The molecule has 1 aliphatic rings. The number of piperazine rings is 1. The largest absolute Gasteiger partial charge is 0.392 e. The van der Waals surface area contributed by atoms with E-state index >= 15 is 0 Å². The van der Waals surface area contributed by atoms with Crippen LogP contribution in [0.3, 0.4) is 0 Å². The van der Waals surface area contributed by atoms with Crippen LogP contribution in [0.2, 0.25) is 0 Å². The van der Waals surface area contributed by atoms with Crippen molar-refractivity contribution in [3.63, 3.8) is 0 Å². The number of hydrogen-bond acceptors (Lipinski definition) is 6. The Kier molecular flexibility index (Phi) is 4.95. The summed E-state index contributed by atoms with van der Waals surface area (Å²) in [5.41, 5.74) is 1.48. The van der Waals surface area contributed by atoms with Crippen molar-refractivity contribution in [2.75, 3.05) is 45.1 Å². The molecule has 0 spiro atoms. The number of anilines is 1. The number of nitrogens with one attached hydrogen (secondary N) is 1. The lowest BCUT2D eigenvalue weighted by molar-refractivity contribution is 0.0554. The van der Waals surface area contributed by atoms with E-state index in [-0.39, 0.29) is 12.0 Å². The zero-order valence-electron chi connectivity index (χ0n) is 12.2. The average molecular weight is 298 g/mol. The first-order valence-corrected chi connectivity index (χ1v) is 7.64. The number of hydrogen-bond donors (Lipinski definition) is 2. The SMILES string of the molecule is CNc1snc(C)c1C(=O)N1CCN(CC(C)O)CC1. The second-order valence-corrected chi connectivity index (χ2v) is 5.94. The molecule has 6 nitrogen and oxygen atoms in total. The minimum Gasteiger partial charge on any atom is -0.392 e. The van der Waals surface area contributed by atoms with Crippen LogP contribution in [0.1, 0.15) is 23.0 Å². The number of aliphatic hydroxyl groups is 1. The molecule has 2 heterocycles. The number of β-amino-alcohol motifs (C(OH)–C–C–N with tert-alkyl or cyclic N) is 1. The van der Waals surface area contributed by atoms with Gasteiger partial charge in [-0.1, -0.05) is 0 Å². The first kappa shape index (κ1) is 15.2. The summed E-state index contributed by atoms with van der Waals surface area (Å²) in [6.45, 7) is 7.34. The molecule has 2 rings (SSSR count). The number of carbonyl (C=O) groups is 1. The van der Waals surface area contributed by atoms with Gasteiger partial charge in [-0.25, -0.2) is 0 Å². The standard InChI is InChI=1S/C13H22N4O2S/c1-9(18)8-16-4-6-17(7-5-16)13(19)11-10(2)15-20-12(11)14-3/h9,14,18H,4-8H2,1-3H3. The third kappa shape index (κ3) is 3.28. The molecule has 1 aromatic heterocycles. The van der Waals surface area contributed by atoms with Crippen LogP contribution in [0.15, 0.2) is 0 Å². The van der Waals surface area contributed by atoms with Gasteiger partial charge < -0.3 is 15.3 Å². The van der Waals surface area contributed by atoms with E-state index in [9.17, 15) is 9.90 Å². The van der Waals surface area contributed by atoms with E-state index in [4.69, 9.17) is 0 Å². The highest BCUT2D eigenvalue weighted by atomic mass is 32.1. The normalized spacial score (nSPS) is 18.1. The second-order valence-electron chi connectivity index (χ2n) is 5.16. The zero-order chi connectivity index (χ0) is 14.7. The molecule has 1 unspecified atom stereocenters. The average Bonchev–Trinajstić information content (AvgIpc) is 2.79. The van der Waals surface area contributed by atoms with Gasteiger partial charge >= 0.3 is 0 Å². The highest BCUT2D eigenvalue weighted by molar-refractivity contribution is 7.10. The fourth-order valence-electron chi connectivity index (χ4n) is 2.46. The van der Waals surface area contributed by atoms with Crippen molar-refractivity contribution in [1.29, 1.82) is 0 Å². The highest BCUT2D eigenvalue weighted by Gasteiger charge is 2.26. The third-order valence-corrected chi connectivity index (χ3v) is 4.44. The molecule has 20 heavy (non-hydrogen) atoms. The summed E-state index contributed by atoms with van der Waals surface area (Å²) < 4.78 is 4.25. The van der Waals surface area contributed by atoms with Crippen molar-refractivity contribution in [3.05, 3.63) is 11.3 Å². The molecule has 1 amide bonds. The summed E-state index contributed by atoms with van der Waals surface area (Å²) in [5.74, 6) is 0.0531. The van der Waals surface area contributed by atoms with Crippen molar-refractivity contribution >= 4 is 22.4 Å². The first-order chi connectivity index (χ1) is 9.52. The Morgan fingerprint density at radius 1 is 1.45 bits per heavy atom. The minimum atomic E-state index is -0.323. The molecule has 112 valence electrons. The molecule has 1 aromatic rings. The number of amides is 1. The van der Waals surface area contributed by atoms with Crippen LogP contribution in [-0.2, 0) is 0 Å². The molecule has 0 aliphatic carbocycles. The fraction of sp³-hybridized carbons (Fsp3) is 0.692. The molecule has 0 aromatic carbocycles. The predicted octanol–water partition coefficient (Wildman–Crippen LogP) is 0.632. The number of aryl methyl sites for hydroxylation is 1. The highest BCUT2D eigenvalue weighted by Crippen LogP contribution is 2.25. The lowest BCUT2D eigenvalue weighted by Crippen LogP contribution is -2.50. The van der Waals surface area contributed by atoms with Crippen LogP contribution in [0.5, 0.6) is 0 Å². The summed E-state index contributed by atoms with van der Waals surface area (Å²) in [7, 11) is 1.81. The van der Waals surface area contributed by atoms with Gasteiger partial charge in [-0.05, 0) is 25.4 Å². The monoisotopic (exact) mass is 298 g/mol. The Labute approximate surface area is 123 Å². The molecule has 1 aliphatic heterocycles. The Morgan fingerprint density at radius 3 is 2.65 bits per heavy atom. The van der Waals surface area contributed by atoms with Gasteiger partial charge in [0.2, 0.25) is 0 Å². The topological polar surface area (TPSA) is 68.7 Å². The van der Waals surface area contributed by atoms with Crippen molar-refractivity contribution in [2.24, 2.45) is 0 Å². The quantitative estimate of drug-likeness (QED) is 0.853. The smallest absolute Gasteiger partial charge is 0.258 e. The van der Waals surface area contributed by atoms with Crippen molar-refractivity contribution in [3.8, 4) is 0 Å². The van der Waals surface area contributed by atoms with Crippen molar-refractivity contribution in [2.45, 2.75) is 20.0 Å². The second kappa shape index (κ2) is 6.51. The molecule has 2 N–H and O–H groups in total. The Bertz CT molecular complexity index is 467. The third-order valence-electron chi connectivity index (χ3n) is 3.49. The molecule has 1 fully saturated rings. The molecule has 7 heteroatoms. The fourth-order valence-corrected chi connectivity index (χ4v) is 3.19. The Hall–Kier alpha value is -1.18. The molecular formula is C13H22N4O2S. The summed E-state index contributed by atoms with van der Waals surface area (Å²) >= 11 is 1.33. The zero-order valence-corrected chi connectivity index (χ0v) is 13.0. The van der Waals surface area contributed by atoms with Crippen LogP contribution in [0.4, 0.5) is 5.00 Å². The number of rotatable bonds is 4. The van der Waals surface area contributed by atoms with Gasteiger partial charge in [-0.15, -0.1) is 0 Å². The van der Waals surface area contributed by atoms with Gasteiger partial charge in [-0.2, -0.15) is 4.37 Å². The van der Waals surface area contributed by atoms with Crippen molar-refractivity contribution < 1.29 is 9.90 Å². The van der Waals surface area contributed by atoms with Gasteiger partial charge in [0.1, 0.15) is 5.00 Å². The van der Waals surface area contributed by atoms with E-state index in [1.807, 2.05) is 18.9 Å². The maximum Gasteiger partial charge on any atom is 0.258 e. The molecule has 0 radical (unpaired) electrons. The van der Waals surface area contributed by atoms with Crippen LogP contribution in [-0.4, -0.2) is 71.1 Å². The Morgan fingerprint density at radius 2 is 2.10 bits per heavy atom. The lowest BCUT2D eigenvalue weighted by Gasteiger charge is -2.35. The number of carbonyl (C=O) groups excluding carboxylic acids is 1. The Balaban J connectivity index is 2.00. The predicted molar refractivity (Wildman–Crippen MR) is 80.4 cm³/mol. The van der Waals surface area contributed by atoms with Crippen LogP contribution in [0, 0.1) is 6.92 Å². The van der Waals surface area contributed by atoms with Crippen LogP contribution >= 0.6 is 11.5 Å². The minimum absolute atomic E-state index is 0.0531. The van der Waals surface area contributed by atoms with Gasteiger partial charge in [0, 0.05) is 39.8 Å². The lowest BCUT2D eigenvalue weighted by atomic mass is 10.2. The number of nitrogens with zero attached hydrogens (tertiary/aromatic N) is 3. The summed E-state index contributed by atoms with van der Waals surface area (Å²) in [4.78, 5) is 16.6. The van der Waals surface area contributed by atoms with Gasteiger partial charge in [-0.3, -0.25) is 9.69 Å². The molecule has 1 saturated heterocycles. The molecule has 1 atom stereocenters. The van der Waals surface area contributed by atoms with E-state index in [0.29, 0.717) is 25.2 Å². The van der Waals surface area contributed by atoms with E-state index in [0.717, 1.165) is 23.8 Å². The van der Waals surface area contributed by atoms with Crippen LogP contribution < -0.4 is 5.32 Å². The number of aliphatic hydroxyl groups excluding tert-OH is 1. The summed E-state index contributed by atoms with van der Waals surface area (Å²) in [6.07, 6.45) is -0.323. The first-order valence-electron chi connectivity index (χ1n) is 6.86. The van der Waals surface area contributed by atoms with Crippen LogP contribution in [0.25, 0.3) is 0 Å².